The Hall–Kier alpha value is -0.534. The summed E-state index contributed by atoms with van der Waals surface area (Å²) in [5, 5.41) is 0. The van der Waals surface area contributed by atoms with Gasteiger partial charge in [0.25, 0.3) is 0 Å². The standard InChI is InChI=1S/C17H23N3O2.3ClH.Co/c1-10(2)14-8-21-16(19-14)12-6-5-7-13(18-12)17-20-15(9-22-17)11(3)4;;;;/h5-7,10-11,14-15H,8-9H2,1-4H3;3*1H;/q;;;;+3/p-3/t14-,15-;;;;/m0..../s1. The molecule has 148 valence electrons. The molecule has 0 unspecified atom stereocenters. The van der Waals surface area contributed by atoms with E-state index in [-0.39, 0.29) is 66.1 Å². The number of hydrogen-bond donors (Lipinski definition) is 0. The summed E-state index contributed by atoms with van der Waals surface area (Å²) in [5.74, 6) is 2.18. The zero-order valence-electron chi connectivity index (χ0n) is 15.1. The molecule has 2 aliphatic heterocycles. The first-order valence-corrected chi connectivity index (χ1v) is 7.93. The van der Waals surface area contributed by atoms with Crippen molar-refractivity contribution in [1.82, 2.24) is 4.98 Å². The van der Waals surface area contributed by atoms with Crippen LogP contribution in [0, 0.1) is 11.8 Å². The number of aromatic nitrogens is 1. The molecule has 0 amide bonds. The number of halogens is 3. The molecule has 0 saturated heterocycles. The third-order valence-electron chi connectivity index (χ3n) is 4.07. The fourth-order valence-corrected chi connectivity index (χ4v) is 2.42. The normalized spacial score (nSPS) is 20.5. The smallest absolute Gasteiger partial charge is 1.00 e. The summed E-state index contributed by atoms with van der Waals surface area (Å²) in [5.41, 5.74) is 1.50. The molecule has 2 aliphatic rings. The van der Waals surface area contributed by atoms with Gasteiger partial charge in [0.15, 0.2) is 0 Å². The maximum Gasteiger partial charge on any atom is 3.00 e. The fourth-order valence-electron chi connectivity index (χ4n) is 2.42. The van der Waals surface area contributed by atoms with Crippen LogP contribution < -0.4 is 37.2 Å². The van der Waals surface area contributed by atoms with E-state index in [1.807, 2.05) is 18.2 Å². The van der Waals surface area contributed by atoms with Crippen LogP contribution in [0.2, 0.25) is 0 Å². The van der Waals surface area contributed by atoms with Gasteiger partial charge in [-0.1, -0.05) is 33.8 Å². The first-order valence-electron chi connectivity index (χ1n) is 7.93. The Bertz CT molecular complexity index is 578. The summed E-state index contributed by atoms with van der Waals surface area (Å²) in [4.78, 5) is 13.9. The van der Waals surface area contributed by atoms with E-state index < -0.39 is 0 Å². The molecule has 0 spiro atoms. The minimum atomic E-state index is 0. The van der Waals surface area contributed by atoms with Crippen molar-refractivity contribution < 1.29 is 63.5 Å². The molecule has 0 saturated carbocycles. The van der Waals surface area contributed by atoms with Crippen LogP contribution in [0.1, 0.15) is 39.1 Å². The van der Waals surface area contributed by atoms with E-state index >= 15 is 0 Å². The third-order valence-corrected chi connectivity index (χ3v) is 4.07. The zero-order chi connectivity index (χ0) is 15.7. The number of rotatable bonds is 4. The van der Waals surface area contributed by atoms with Crippen molar-refractivity contribution in [3.05, 3.63) is 29.6 Å². The van der Waals surface area contributed by atoms with Gasteiger partial charge in [-0.3, -0.25) is 0 Å². The molecule has 0 radical (unpaired) electrons. The van der Waals surface area contributed by atoms with Gasteiger partial charge in [0.1, 0.15) is 24.6 Å². The van der Waals surface area contributed by atoms with E-state index in [0.29, 0.717) is 36.8 Å². The van der Waals surface area contributed by atoms with Gasteiger partial charge in [-0.2, -0.15) is 0 Å². The van der Waals surface area contributed by atoms with Crippen LogP contribution in [0.25, 0.3) is 0 Å². The van der Waals surface area contributed by atoms with E-state index in [0.717, 1.165) is 11.4 Å². The van der Waals surface area contributed by atoms with Crippen LogP contribution in [0.15, 0.2) is 28.2 Å². The van der Waals surface area contributed by atoms with Gasteiger partial charge in [0, 0.05) is 0 Å². The number of hydrogen-bond acceptors (Lipinski definition) is 5. The van der Waals surface area contributed by atoms with Gasteiger partial charge in [0.05, 0.1) is 12.1 Å². The topological polar surface area (TPSA) is 56.1 Å². The van der Waals surface area contributed by atoms with Crippen LogP contribution in [0.3, 0.4) is 0 Å². The Morgan fingerprint density at radius 3 is 1.50 bits per heavy atom. The number of ether oxygens (including phenoxy) is 2. The predicted octanol–water partition coefficient (Wildman–Crippen LogP) is -6.31. The molecule has 3 rings (SSSR count). The molecule has 1 aromatic rings. The minimum Gasteiger partial charge on any atom is -1.00 e. The Morgan fingerprint density at radius 1 is 0.808 bits per heavy atom. The largest absolute Gasteiger partial charge is 3.00 e. The molecule has 5 nitrogen and oxygen atoms in total. The average Bonchev–Trinajstić information content (AvgIpc) is 3.17. The molecule has 1 aromatic heterocycles. The van der Waals surface area contributed by atoms with Crippen LogP contribution in [0.4, 0.5) is 0 Å². The SMILES string of the molecule is CC(C)[C@@H]1COC(c2cccc(C3=N[C@H](C(C)C)CO3)n2)=N1.[Cl-].[Cl-].[Cl-].[Co+3]. The van der Waals surface area contributed by atoms with Gasteiger partial charge in [-0.05, 0) is 24.0 Å². The van der Waals surface area contributed by atoms with Gasteiger partial charge >= 0.3 is 16.8 Å². The van der Waals surface area contributed by atoms with E-state index in [9.17, 15) is 0 Å². The number of aliphatic imine (C=N–C) groups is 2. The fraction of sp³-hybridized carbons (Fsp3) is 0.588. The molecule has 0 aliphatic carbocycles. The summed E-state index contributed by atoms with van der Waals surface area (Å²) >= 11 is 0. The molecule has 0 fully saturated rings. The van der Waals surface area contributed by atoms with Gasteiger partial charge in [-0.25, -0.2) is 15.0 Å². The summed E-state index contributed by atoms with van der Waals surface area (Å²) in [6.45, 7) is 9.86. The van der Waals surface area contributed by atoms with E-state index in [2.05, 4.69) is 42.7 Å². The van der Waals surface area contributed by atoms with Gasteiger partial charge in [0.2, 0.25) is 11.8 Å². The quantitative estimate of drug-likeness (QED) is 0.444. The van der Waals surface area contributed by atoms with Crippen molar-refractivity contribution in [2.45, 2.75) is 39.8 Å². The van der Waals surface area contributed by atoms with Crippen molar-refractivity contribution in [1.29, 1.82) is 0 Å². The summed E-state index contributed by atoms with van der Waals surface area (Å²) < 4.78 is 11.4. The van der Waals surface area contributed by atoms with Gasteiger partial charge < -0.3 is 46.7 Å². The first-order chi connectivity index (χ1) is 10.5. The molecule has 2 atom stereocenters. The van der Waals surface area contributed by atoms with E-state index in [4.69, 9.17) is 9.47 Å². The van der Waals surface area contributed by atoms with Crippen molar-refractivity contribution >= 4 is 11.8 Å². The van der Waals surface area contributed by atoms with Crippen molar-refractivity contribution in [2.24, 2.45) is 21.8 Å². The second kappa shape index (κ2) is 12.0. The minimum absolute atomic E-state index is 0. The zero-order valence-corrected chi connectivity index (χ0v) is 18.4. The van der Waals surface area contributed by atoms with Crippen molar-refractivity contribution in [3.8, 4) is 0 Å². The Kier molecular flexibility index (Phi) is 12.8. The average molecular weight is 467 g/mol. The van der Waals surface area contributed by atoms with Gasteiger partial charge in [-0.15, -0.1) is 0 Å². The van der Waals surface area contributed by atoms with E-state index in [1.165, 1.54) is 0 Å². The number of pyridine rings is 1. The molecule has 0 bridgehead atoms. The van der Waals surface area contributed by atoms with Crippen molar-refractivity contribution in [2.75, 3.05) is 13.2 Å². The monoisotopic (exact) mass is 465 g/mol. The van der Waals surface area contributed by atoms with Crippen molar-refractivity contribution in [3.63, 3.8) is 0 Å². The molecular formula is C17H23Cl3CoN3O2. The van der Waals surface area contributed by atoms with Crippen LogP contribution >= 0.6 is 0 Å². The molecule has 26 heavy (non-hydrogen) atoms. The third kappa shape index (κ3) is 6.27. The summed E-state index contributed by atoms with van der Waals surface area (Å²) in [6.07, 6.45) is 0. The van der Waals surface area contributed by atoms with Crippen LogP contribution in [0.5, 0.6) is 0 Å². The molecule has 0 aromatic carbocycles. The Morgan fingerprint density at radius 2 is 1.19 bits per heavy atom. The van der Waals surface area contributed by atoms with Crippen LogP contribution in [-0.4, -0.2) is 42.1 Å². The molecule has 0 N–H and O–H groups in total. The Balaban J connectivity index is 0. The first kappa shape index (κ1) is 27.7. The summed E-state index contributed by atoms with van der Waals surface area (Å²) in [6, 6.07) is 6.21. The second-order valence-electron chi connectivity index (χ2n) is 6.52. The van der Waals surface area contributed by atoms with Crippen LogP contribution in [-0.2, 0) is 26.3 Å². The van der Waals surface area contributed by atoms with E-state index in [1.54, 1.807) is 0 Å². The maximum absolute atomic E-state index is 5.70. The molecule has 3 heterocycles. The predicted molar refractivity (Wildman–Crippen MR) is 86.5 cm³/mol. The molecule has 9 heteroatoms. The maximum atomic E-state index is 5.70. The summed E-state index contributed by atoms with van der Waals surface area (Å²) in [7, 11) is 0. The number of nitrogens with zero attached hydrogens (tertiary/aromatic N) is 3. The second-order valence-corrected chi connectivity index (χ2v) is 6.52. The Labute approximate surface area is 184 Å². The molecular weight excluding hydrogens is 443 g/mol.